The van der Waals surface area contributed by atoms with Gasteiger partial charge in [-0.15, -0.1) is 0 Å². The Bertz CT molecular complexity index is 368. The molecule has 0 amide bonds. The number of alkyl halides is 2. The van der Waals surface area contributed by atoms with Gasteiger partial charge in [0.1, 0.15) is 0 Å². The van der Waals surface area contributed by atoms with Gasteiger partial charge in [0.05, 0.1) is 11.4 Å². The van der Waals surface area contributed by atoms with E-state index in [0.717, 1.165) is 6.92 Å². The van der Waals surface area contributed by atoms with Crippen LogP contribution in [0.3, 0.4) is 0 Å². The zero-order chi connectivity index (χ0) is 12.5. The normalized spacial score (nSPS) is 12.6. The van der Waals surface area contributed by atoms with Crippen LogP contribution in [0.5, 0.6) is 0 Å². The van der Waals surface area contributed by atoms with Crippen molar-refractivity contribution >= 4 is 0 Å². The Kier molecular flexibility index (Phi) is 3.61. The third kappa shape index (κ3) is 2.74. The van der Waals surface area contributed by atoms with Gasteiger partial charge in [-0.05, 0) is 17.9 Å². The van der Waals surface area contributed by atoms with E-state index in [1.807, 2.05) is 27.7 Å². The van der Waals surface area contributed by atoms with Gasteiger partial charge in [0.25, 0.3) is 5.92 Å². The van der Waals surface area contributed by atoms with E-state index in [1.54, 1.807) is 0 Å². The van der Waals surface area contributed by atoms with Crippen molar-refractivity contribution in [1.82, 2.24) is 10.2 Å². The Morgan fingerprint density at radius 1 is 1.06 bits per heavy atom. The lowest BCUT2D eigenvalue weighted by Crippen LogP contribution is -2.15. The number of hydrogen-bond donors (Lipinski definition) is 0. The van der Waals surface area contributed by atoms with Gasteiger partial charge >= 0.3 is 0 Å². The molecule has 0 fully saturated rings. The molecule has 90 valence electrons. The molecule has 0 saturated heterocycles. The summed E-state index contributed by atoms with van der Waals surface area (Å²) < 4.78 is 26.9. The average molecular weight is 228 g/mol. The predicted molar refractivity (Wildman–Crippen MR) is 59.8 cm³/mol. The maximum atomic E-state index is 13.5. The van der Waals surface area contributed by atoms with Crippen molar-refractivity contribution in [1.29, 1.82) is 0 Å². The zero-order valence-corrected chi connectivity index (χ0v) is 10.4. The van der Waals surface area contributed by atoms with Gasteiger partial charge in [-0.25, -0.2) is 8.78 Å². The van der Waals surface area contributed by atoms with E-state index < -0.39 is 5.92 Å². The summed E-state index contributed by atoms with van der Waals surface area (Å²) in [5.74, 6) is -2.80. The molecule has 0 radical (unpaired) electrons. The Morgan fingerprint density at radius 2 is 1.62 bits per heavy atom. The molecule has 0 saturated carbocycles. The van der Waals surface area contributed by atoms with Gasteiger partial charge in [-0.1, -0.05) is 27.7 Å². The van der Waals surface area contributed by atoms with E-state index in [2.05, 4.69) is 10.2 Å². The largest absolute Gasteiger partial charge is 0.272 e. The molecule has 1 aromatic rings. The van der Waals surface area contributed by atoms with Crippen LogP contribution in [0, 0.1) is 0 Å². The first kappa shape index (κ1) is 13.0. The zero-order valence-electron chi connectivity index (χ0n) is 10.4. The molecule has 2 nitrogen and oxygen atoms in total. The van der Waals surface area contributed by atoms with Crippen LogP contribution >= 0.6 is 0 Å². The number of nitrogens with zero attached hydrogens (tertiary/aromatic N) is 2. The predicted octanol–water partition coefficient (Wildman–Crippen LogP) is 3.84. The minimum absolute atomic E-state index is 0.00111. The molecule has 0 aliphatic heterocycles. The van der Waals surface area contributed by atoms with Crippen LogP contribution in [-0.4, -0.2) is 10.2 Å². The van der Waals surface area contributed by atoms with Crippen molar-refractivity contribution in [3.05, 3.63) is 23.0 Å². The smallest absolute Gasteiger partial charge is 0.202 e. The highest BCUT2D eigenvalue weighted by Crippen LogP contribution is 2.33. The molecule has 1 aromatic heterocycles. The van der Waals surface area contributed by atoms with Crippen LogP contribution in [0.1, 0.15) is 63.4 Å². The molecule has 0 unspecified atom stereocenters. The summed E-state index contributed by atoms with van der Waals surface area (Å²) in [6.45, 7) is 8.41. The highest BCUT2D eigenvalue weighted by atomic mass is 19.3. The van der Waals surface area contributed by atoms with Gasteiger partial charge in [-0.2, -0.15) is 10.2 Å². The Morgan fingerprint density at radius 3 is 2.00 bits per heavy atom. The summed E-state index contributed by atoms with van der Waals surface area (Å²) in [4.78, 5) is 0. The topological polar surface area (TPSA) is 25.8 Å². The van der Waals surface area contributed by atoms with E-state index in [9.17, 15) is 8.78 Å². The minimum Gasteiger partial charge on any atom is -0.202 e. The molecule has 4 heteroatoms. The maximum Gasteiger partial charge on any atom is 0.272 e. The van der Waals surface area contributed by atoms with Crippen molar-refractivity contribution in [3.63, 3.8) is 0 Å². The number of halogens is 2. The molecule has 0 spiro atoms. The van der Waals surface area contributed by atoms with E-state index in [4.69, 9.17) is 0 Å². The van der Waals surface area contributed by atoms with Crippen LogP contribution in [0.15, 0.2) is 6.07 Å². The summed E-state index contributed by atoms with van der Waals surface area (Å²) >= 11 is 0. The summed E-state index contributed by atoms with van der Waals surface area (Å²) in [5.41, 5.74) is 0.999. The lowest BCUT2D eigenvalue weighted by molar-refractivity contribution is 0.0155. The fourth-order valence-electron chi connectivity index (χ4n) is 1.48. The molecule has 0 aromatic carbocycles. The van der Waals surface area contributed by atoms with Gasteiger partial charge < -0.3 is 0 Å². The Labute approximate surface area is 95.1 Å². The SMILES string of the molecule is CC(C)c1cc(C(C)(F)F)c(C(C)C)nn1. The molecule has 0 aliphatic carbocycles. The molecular weight excluding hydrogens is 210 g/mol. The van der Waals surface area contributed by atoms with Crippen LogP contribution in [-0.2, 0) is 5.92 Å². The van der Waals surface area contributed by atoms with Crippen molar-refractivity contribution in [3.8, 4) is 0 Å². The van der Waals surface area contributed by atoms with E-state index in [1.165, 1.54) is 6.07 Å². The quantitative estimate of drug-likeness (QED) is 0.785. The molecule has 0 N–H and O–H groups in total. The highest BCUT2D eigenvalue weighted by Gasteiger charge is 2.30. The first-order valence-corrected chi connectivity index (χ1v) is 5.49. The van der Waals surface area contributed by atoms with E-state index >= 15 is 0 Å². The van der Waals surface area contributed by atoms with Crippen LogP contribution in [0.4, 0.5) is 8.78 Å². The van der Waals surface area contributed by atoms with E-state index in [-0.39, 0.29) is 17.4 Å². The second-order valence-electron chi connectivity index (χ2n) is 4.77. The van der Waals surface area contributed by atoms with Gasteiger partial charge in [0.2, 0.25) is 0 Å². The third-order valence-electron chi connectivity index (χ3n) is 2.45. The van der Waals surface area contributed by atoms with E-state index in [0.29, 0.717) is 11.4 Å². The number of aromatic nitrogens is 2. The summed E-state index contributed by atoms with van der Waals surface area (Å²) in [6.07, 6.45) is 0. The van der Waals surface area contributed by atoms with Crippen LogP contribution in [0.25, 0.3) is 0 Å². The first-order chi connectivity index (χ1) is 7.23. The monoisotopic (exact) mass is 228 g/mol. The second kappa shape index (κ2) is 4.44. The Hall–Kier alpha value is -1.06. The van der Waals surface area contributed by atoms with Gasteiger partial charge in [0, 0.05) is 12.5 Å². The lowest BCUT2D eigenvalue weighted by Gasteiger charge is -2.18. The molecular formula is C12H18F2N2. The summed E-state index contributed by atoms with van der Waals surface area (Å²) in [6, 6.07) is 1.48. The molecule has 0 atom stereocenters. The van der Waals surface area contributed by atoms with Crippen molar-refractivity contribution in [2.24, 2.45) is 0 Å². The number of rotatable bonds is 3. The van der Waals surface area contributed by atoms with Gasteiger partial charge in [0.15, 0.2) is 0 Å². The standard InChI is InChI=1S/C12H18F2N2/c1-7(2)10-6-9(12(5,13)14)11(8(3)4)16-15-10/h6-8H,1-5H3. The molecule has 16 heavy (non-hydrogen) atoms. The fraction of sp³-hybridized carbons (Fsp3) is 0.667. The lowest BCUT2D eigenvalue weighted by atomic mass is 9.98. The second-order valence-corrected chi connectivity index (χ2v) is 4.77. The molecule has 1 heterocycles. The first-order valence-electron chi connectivity index (χ1n) is 5.49. The number of hydrogen-bond acceptors (Lipinski definition) is 2. The van der Waals surface area contributed by atoms with Gasteiger partial charge in [-0.3, -0.25) is 0 Å². The summed E-state index contributed by atoms with van der Waals surface area (Å²) in [5, 5.41) is 7.93. The molecule has 0 aliphatic rings. The third-order valence-corrected chi connectivity index (χ3v) is 2.45. The fourth-order valence-corrected chi connectivity index (χ4v) is 1.48. The molecule has 0 bridgehead atoms. The van der Waals surface area contributed by atoms with Crippen molar-refractivity contribution < 1.29 is 8.78 Å². The average Bonchev–Trinajstić information content (AvgIpc) is 2.15. The van der Waals surface area contributed by atoms with Crippen molar-refractivity contribution in [2.75, 3.05) is 0 Å². The van der Waals surface area contributed by atoms with Crippen LogP contribution in [0.2, 0.25) is 0 Å². The summed E-state index contributed by atoms with van der Waals surface area (Å²) in [7, 11) is 0. The van der Waals surface area contributed by atoms with Crippen molar-refractivity contribution in [2.45, 2.75) is 52.4 Å². The molecule has 1 rings (SSSR count). The highest BCUT2D eigenvalue weighted by molar-refractivity contribution is 5.28. The maximum absolute atomic E-state index is 13.5. The minimum atomic E-state index is -2.86. The van der Waals surface area contributed by atoms with Crippen LogP contribution < -0.4 is 0 Å². The Balaban J connectivity index is 3.33.